The molecular weight excluding hydrogens is 574 g/mol. The van der Waals surface area contributed by atoms with Gasteiger partial charge in [-0.05, 0) is 79.5 Å². The summed E-state index contributed by atoms with van der Waals surface area (Å²) in [6.45, 7) is 15.8. The quantitative estimate of drug-likeness (QED) is 0.283. The molecule has 8 nitrogen and oxygen atoms in total. The van der Waals surface area contributed by atoms with Crippen molar-refractivity contribution in [1.82, 2.24) is 25.1 Å². The van der Waals surface area contributed by atoms with Crippen LogP contribution in [-0.2, 0) is 13.0 Å². The summed E-state index contributed by atoms with van der Waals surface area (Å²) in [4.78, 5) is 20.2. The fourth-order valence-corrected chi connectivity index (χ4v) is 8.41. The largest absolute Gasteiger partial charge is 0.497 e. The van der Waals surface area contributed by atoms with Crippen LogP contribution in [-0.4, -0.2) is 59.1 Å². The first kappa shape index (κ1) is 31.9. The van der Waals surface area contributed by atoms with Gasteiger partial charge in [-0.1, -0.05) is 33.8 Å². The fourth-order valence-electron chi connectivity index (χ4n) is 8.41. The zero-order valence-electron chi connectivity index (χ0n) is 27.5. The molecule has 3 aliphatic rings. The second-order valence-electron chi connectivity index (χ2n) is 14.2. The van der Waals surface area contributed by atoms with Crippen LogP contribution < -0.4 is 26.2 Å². The third-order valence-corrected chi connectivity index (χ3v) is 11.6. The van der Waals surface area contributed by atoms with Gasteiger partial charge in [-0.3, -0.25) is 19.6 Å². The van der Waals surface area contributed by atoms with Gasteiger partial charge in [0.15, 0.2) is 0 Å². The number of aryl methyl sites for hydroxylation is 2. The van der Waals surface area contributed by atoms with Crippen molar-refractivity contribution in [3.8, 4) is 5.75 Å². The summed E-state index contributed by atoms with van der Waals surface area (Å²) in [5, 5.41) is 11.2. The number of halogens is 2. The number of piperazine rings is 1. The fraction of sp³-hybridized carbons (Fsp3) is 0.600. The Bertz CT molecular complexity index is 1600. The van der Waals surface area contributed by atoms with Gasteiger partial charge in [-0.15, -0.1) is 0 Å². The molecule has 1 aromatic heterocycles. The lowest BCUT2D eigenvalue weighted by molar-refractivity contribution is 0.0720. The molecule has 1 aliphatic heterocycles. The van der Waals surface area contributed by atoms with Crippen LogP contribution in [0.25, 0.3) is 10.9 Å². The summed E-state index contributed by atoms with van der Waals surface area (Å²) in [5.41, 5.74) is 1.24. The van der Waals surface area contributed by atoms with Crippen molar-refractivity contribution < 1.29 is 13.5 Å². The van der Waals surface area contributed by atoms with E-state index in [1.807, 2.05) is 0 Å². The second-order valence-corrected chi connectivity index (χ2v) is 14.2. The third-order valence-electron chi connectivity index (χ3n) is 11.6. The first-order valence-electron chi connectivity index (χ1n) is 16.4. The van der Waals surface area contributed by atoms with E-state index in [2.05, 4.69) is 67.4 Å². The predicted octanol–water partition coefficient (Wildman–Crippen LogP) is 5.21. The summed E-state index contributed by atoms with van der Waals surface area (Å²) >= 11 is 0. The Labute approximate surface area is 264 Å². The number of nitrogens with zero attached hydrogens (tertiary/aromatic N) is 3. The van der Waals surface area contributed by atoms with E-state index in [9.17, 15) is 9.18 Å². The number of rotatable bonds is 9. The molecule has 0 amide bonds. The average molecular weight is 623 g/mol. The second kappa shape index (κ2) is 12.3. The maximum Gasteiger partial charge on any atom is 0.261 e. The Morgan fingerprint density at radius 3 is 2.49 bits per heavy atom. The Kier molecular flexibility index (Phi) is 8.69. The molecule has 45 heavy (non-hydrogen) atoms. The van der Waals surface area contributed by atoms with E-state index < -0.39 is 11.6 Å². The van der Waals surface area contributed by atoms with E-state index in [0.717, 1.165) is 25.4 Å². The van der Waals surface area contributed by atoms with E-state index in [1.54, 1.807) is 18.2 Å². The number of hydrogen-bond acceptors (Lipinski definition) is 7. The number of methoxy groups -OCH3 is 1. The van der Waals surface area contributed by atoms with Gasteiger partial charge in [0.05, 0.1) is 30.0 Å². The van der Waals surface area contributed by atoms with Crippen molar-refractivity contribution in [2.45, 2.75) is 85.3 Å². The molecular formula is C35H48F2N6O2. The molecule has 9 atom stereocenters. The molecule has 2 aliphatic carbocycles. The normalized spacial score (nSPS) is 32.2. The van der Waals surface area contributed by atoms with Gasteiger partial charge in [-0.2, -0.15) is 0 Å². The van der Waals surface area contributed by atoms with Crippen molar-refractivity contribution in [2.75, 3.05) is 25.5 Å². The van der Waals surface area contributed by atoms with E-state index in [-0.39, 0.29) is 30.2 Å². The lowest BCUT2D eigenvalue weighted by Gasteiger charge is -2.46. The van der Waals surface area contributed by atoms with Crippen molar-refractivity contribution >= 4 is 16.6 Å². The van der Waals surface area contributed by atoms with Gasteiger partial charge in [0.2, 0.25) is 0 Å². The van der Waals surface area contributed by atoms with Crippen molar-refractivity contribution in [2.24, 2.45) is 29.1 Å². The number of ether oxygens (including phenoxy) is 1. The topological polar surface area (TPSA) is 83.4 Å². The van der Waals surface area contributed by atoms with Gasteiger partial charge in [-0.25, -0.2) is 13.8 Å². The number of benzene rings is 2. The van der Waals surface area contributed by atoms with Crippen molar-refractivity contribution in [3.05, 3.63) is 64.2 Å². The summed E-state index contributed by atoms with van der Waals surface area (Å²) < 4.78 is 36.8. The van der Waals surface area contributed by atoms with Crippen LogP contribution >= 0.6 is 0 Å². The summed E-state index contributed by atoms with van der Waals surface area (Å²) in [5.74, 6) is 2.02. The third kappa shape index (κ3) is 5.97. The SMILES string of the molecule is COc1ccc(CCn2cnc3cc(NC(N[C@H]4C[C@H]5C(C)C5(C)[C@@H](C)[C@@H]4C)N4C[C@@H](C)N[C@@H](C)C4)c(F)cc3c2=O)c(F)c1. The molecule has 2 aromatic carbocycles. The standard InChI is InChI=1S/C35H48F2N6O2/c1-19-16-43(17-20(2)39-19)34(40-30-14-27-23(5)35(27,6)22(4)21(30)3)41-32-15-31-26(13-29(32)37)33(44)42(18-38-31)11-10-24-8-9-25(45-7)12-28(24)36/h8-9,12-13,15,18-23,27,30,34,39-41H,10-11,14,16-17H2,1-7H3/t19-,20+,21-,22-,23?,27-,30-,34?,35?/m0/s1. The van der Waals surface area contributed by atoms with Crippen LogP contribution in [0.4, 0.5) is 14.5 Å². The highest BCUT2D eigenvalue weighted by atomic mass is 19.1. The number of fused-ring (bicyclic) bond motifs is 2. The van der Waals surface area contributed by atoms with Crippen molar-refractivity contribution in [1.29, 1.82) is 0 Å². The highest BCUT2D eigenvalue weighted by Crippen LogP contribution is 2.69. The first-order chi connectivity index (χ1) is 21.4. The minimum atomic E-state index is -0.503. The van der Waals surface area contributed by atoms with Gasteiger partial charge < -0.3 is 15.4 Å². The smallest absolute Gasteiger partial charge is 0.261 e. The van der Waals surface area contributed by atoms with E-state index in [1.165, 1.54) is 30.1 Å². The maximum absolute atomic E-state index is 15.8. The van der Waals surface area contributed by atoms with Gasteiger partial charge in [0.25, 0.3) is 5.56 Å². The van der Waals surface area contributed by atoms with Crippen LogP contribution in [0.2, 0.25) is 0 Å². The molecule has 0 bridgehead atoms. The summed E-state index contributed by atoms with van der Waals surface area (Å²) in [6.07, 6.45) is 2.57. The lowest BCUT2D eigenvalue weighted by Crippen LogP contribution is -2.64. The molecule has 0 spiro atoms. The molecule has 244 valence electrons. The highest BCUT2D eigenvalue weighted by molar-refractivity contribution is 5.81. The van der Waals surface area contributed by atoms with Crippen LogP contribution in [0.15, 0.2) is 41.5 Å². The highest BCUT2D eigenvalue weighted by Gasteiger charge is 2.65. The van der Waals surface area contributed by atoms with E-state index >= 15 is 4.39 Å². The molecule has 1 saturated heterocycles. The van der Waals surface area contributed by atoms with Crippen LogP contribution in [0, 0.1) is 40.7 Å². The molecule has 2 heterocycles. The van der Waals surface area contributed by atoms with Crippen LogP contribution in [0.5, 0.6) is 5.75 Å². The molecule has 2 saturated carbocycles. The minimum absolute atomic E-state index is 0.196. The Morgan fingerprint density at radius 1 is 1.07 bits per heavy atom. The zero-order chi connectivity index (χ0) is 32.2. The average Bonchev–Trinajstić information content (AvgIpc) is 3.54. The molecule has 10 heteroatoms. The van der Waals surface area contributed by atoms with Gasteiger partial charge in [0, 0.05) is 43.8 Å². The first-order valence-corrected chi connectivity index (χ1v) is 16.4. The molecule has 0 radical (unpaired) electrons. The number of anilines is 1. The Morgan fingerprint density at radius 2 is 1.80 bits per heavy atom. The van der Waals surface area contributed by atoms with Crippen molar-refractivity contribution in [3.63, 3.8) is 0 Å². The number of nitrogens with one attached hydrogen (secondary N) is 3. The maximum atomic E-state index is 15.8. The molecule has 3 fully saturated rings. The van der Waals surface area contributed by atoms with Crippen LogP contribution in [0.3, 0.4) is 0 Å². The molecule has 3 unspecified atom stereocenters. The minimum Gasteiger partial charge on any atom is -0.497 e. The zero-order valence-corrected chi connectivity index (χ0v) is 27.5. The van der Waals surface area contributed by atoms with Gasteiger partial charge >= 0.3 is 0 Å². The predicted molar refractivity (Wildman–Crippen MR) is 174 cm³/mol. The van der Waals surface area contributed by atoms with Gasteiger partial charge in [0.1, 0.15) is 23.7 Å². The monoisotopic (exact) mass is 622 g/mol. The van der Waals surface area contributed by atoms with Crippen LogP contribution in [0.1, 0.15) is 53.5 Å². The summed E-state index contributed by atoms with van der Waals surface area (Å²) in [6, 6.07) is 8.45. The Balaban J connectivity index is 1.24. The van der Waals surface area contributed by atoms with E-state index in [4.69, 9.17) is 4.74 Å². The lowest BCUT2D eigenvalue weighted by atomic mass is 9.71. The molecule has 3 aromatic rings. The number of aromatic nitrogens is 2. The molecule has 3 N–H and O–H groups in total. The number of hydrogen-bond donors (Lipinski definition) is 3. The van der Waals surface area contributed by atoms with E-state index in [0.29, 0.717) is 63.8 Å². The summed E-state index contributed by atoms with van der Waals surface area (Å²) in [7, 11) is 1.48. The molecule has 6 rings (SSSR count). The Hall–Kier alpha value is -3.08.